The van der Waals surface area contributed by atoms with Crippen LogP contribution in [0.3, 0.4) is 0 Å². The Morgan fingerprint density at radius 2 is 1.87 bits per heavy atom. The summed E-state index contributed by atoms with van der Waals surface area (Å²) >= 11 is 0. The predicted octanol–water partition coefficient (Wildman–Crippen LogP) is 5.63. The maximum Gasteiger partial charge on any atom is 0.306 e. The summed E-state index contributed by atoms with van der Waals surface area (Å²) in [5, 5.41) is 11.6. The zero-order chi connectivity index (χ0) is 28.2. The van der Waals surface area contributed by atoms with Gasteiger partial charge in [0.05, 0.1) is 23.7 Å². The number of primary amides is 1. The van der Waals surface area contributed by atoms with Gasteiger partial charge in [-0.15, -0.1) is 0 Å². The molecular weight excluding hydrogens is 487 g/mol. The maximum absolute atomic E-state index is 15.2. The molecule has 0 unspecified atom stereocenters. The largest absolute Gasteiger partial charge is 0.460 e. The lowest BCUT2D eigenvalue weighted by atomic mass is 9.90. The molecule has 38 heavy (non-hydrogen) atoms. The van der Waals surface area contributed by atoms with Crippen LogP contribution in [-0.2, 0) is 16.1 Å². The van der Waals surface area contributed by atoms with Gasteiger partial charge in [0.25, 0.3) is 5.91 Å². The van der Waals surface area contributed by atoms with Crippen molar-refractivity contribution in [3.63, 3.8) is 0 Å². The molecule has 0 aliphatic heterocycles. The number of hydrogen-bond donors (Lipinski definition) is 3. The SMILES string of the molecule is CCn1ncc2ccc(Nc3nc(N[C@H](CC(C)C)[C@H](C)CC(=O)OC(C)(C)C)c(F)cc3C(N)=O)cc21. The van der Waals surface area contributed by atoms with Crippen molar-refractivity contribution < 1.29 is 18.7 Å². The Labute approximate surface area is 223 Å². The molecule has 0 saturated heterocycles. The van der Waals surface area contributed by atoms with Crippen LogP contribution < -0.4 is 16.4 Å². The van der Waals surface area contributed by atoms with Crippen molar-refractivity contribution in [1.29, 1.82) is 0 Å². The second-order valence-electron chi connectivity index (χ2n) is 11.1. The minimum atomic E-state index is -0.804. The highest BCUT2D eigenvalue weighted by Crippen LogP contribution is 2.28. The minimum Gasteiger partial charge on any atom is -0.460 e. The minimum absolute atomic E-state index is 0.0288. The fourth-order valence-corrected chi connectivity index (χ4v) is 4.32. The summed E-state index contributed by atoms with van der Waals surface area (Å²) in [5.41, 5.74) is 6.46. The van der Waals surface area contributed by atoms with Gasteiger partial charge < -0.3 is 21.1 Å². The number of hydrogen-bond acceptors (Lipinski definition) is 7. The Balaban J connectivity index is 1.92. The van der Waals surface area contributed by atoms with E-state index in [0.717, 1.165) is 17.0 Å². The van der Waals surface area contributed by atoms with Crippen LogP contribution in [0.2, 0.25) is 0 Å². The van der Waals surface area contributed by atoms with Crippen molar-refractivity contribution in [2.75, 3.05) is 10.6 Å². The highest BCUT2D eigenvalue weighted by Gasteiger charge is 2.26. The van der Waals surface area contributed by atoms with Crippen LogP contribution in [0.25, 0.3) is 10.9 Å². The number of ether oxygens (including phenoxy) is 1. The molecule has 0 fully saturated rings. The number of fused-ring (bicyclic) bond motifs is 1. The van der Waals surface area contributed by atoms with Gasteiger partial charge >= 0.3 is 5.97 Å². The monoisotopic (exact) mass is 526 g/mol. The first-order valence-corrected chi connectivity index (χ1v) is 13.0. The van der Waals surface area contributed by atoms with Gasteiger partial charge in [-0.05, 0) is 70.2 Å². The van der Waals surface area contributed by atoms with Crippen molar-refractivity contribution in [2.45, 2.75) is 79.5 Å². The molecule has 10 heteroatoms. The highest BCUT2D eigenvalue weighted by molar-refractivity contribution is 5.99. The van der Waals surface area contributed by atoms with Gasteiger partial charge in [0.1, 0.15) is 11.4 Å². The Kier molecular flexibility index (Phi) is 8.96. The van der Waals surface area contributed by atoms with E-state index in [1.54, 1.807) is 6.20 Å². The summed E-state index contributed by atoms with van der Waals surface area (Å²) < 4.78 is 22.5. The quantitative estimate of drug-likeness (QED) is 0.277. The second-order valence-corrected chi connectivity index (χ2v) is 11.1. The normalized spacial score (nSPS) is 13.4. The van der Waals surface area contributed by atoms with Gasteiger partial charge in [-0.25, -0.2) is 9.37 Å². The molecule has 2 aromatic heterocycles. The van der Waals surface area contributed by atoms with E-state index in [0.29, 0.717) is 18.7 Å². The number of rotatable bonds is 11. The Morgan fingerprint density at radius 1 is 1.16 bits per heavy atom. The molecule has 2 heterocycles. The lowest BCUT2D eigenvalue weighted by molar-refractivity contribution is -0.156. The number of carbonyl (C=O) groups is 2. The summed E-state index contributed by atoms with van der Waals surface area (Å²) in [7, 11) is 0. The zero-order valence-corrected chi connectivity index (χ0v) is 23.3. The van der Waals surface area contributed by atoms with E-state index in [-0.39, 0.29) is 47.5 Å². The van der Waals surface area contributed by atoms with E-state index < -0.39 is 17.3 Å². The zero-order valence-electron chi connectivity index (χ0n) is 23.3. The number of nitrogens with one attached hydrogen (secondary N) is 2. The number of nitrogens with two attached hydrogens (primary N) is 1. The molecular formula is C28H39FN6O3. The average Bonchev–Trinajstić information content (AvgIpc) is 3.21. The Hall–Kier alpha value is -3.69. The molecule has 3 aromatic rings. The molecule has 0 radical (unpaired) electrons. The van der Waals surface area contributed by atoms with Gasteiger partial charge in [-0.1, -0.05) is 20.8 Å². The Morgan fingerprint density at radius 3 is 2.47 bits per heavy atom. The fourth-order valence-electron chi connectivity index (χ4n) is 4.32. The topological polar surface area (TPSA) is 124 Å². The summed E-state index contributed by atoms with van der Waals surface area (Å²) in [6.07, 6.45) is 2.62. The molecule has 9 nitrogen and oxygen atoms in total. The van der Waals surface area contributed by atoms with Crippen LogP contribution in [-0.4, -0.2) is 38.3 Å². The number of esters is 1. The number of anilines is 3. The van der Waals surface area contributed by atoms with Crippen LogP contribution in [0.15, 0.2) is 30.5 Å². The average molecular weight is 527 g/mol. The van der Waals surface area contributed by atoms with E-state index >= 15 is 4.39 Å². The lowest BCUT2D eigenvalue weighted by Crippen LogP contribution is -2.33. The molecule has 0 aliphatic rings. The molecule has 0 aliphatic carbocycles. The fraction of sp³-hybridized carbons (Fsp3) is 0.500. The number of carbonyl (C=O) groups excluding carboxylic acids is 2. The Bertz CT molecular complexity index is 1300. The molecule has 1 amide bonds. The third kappa shape index (κ3) is 7.43. The number of halogens is 1. The van der Waals surface area contributed by atoms with Crippen LogP contribution >= 0.6 is 0 Å². The number of benzene rings is 1. The van der Waals surface area contributed by atoms with Gasteiger partial charge in [-0.3, -0.25) is 14.3 Å². The van der Waals surface area contributed by atoms with Crippen molar-refractivity contribution >= 4 is 40.1 Å². The molecule has 0 spiro atoms. The standard InChI is InChI=1S/C28H39FN6O3/c1-8-35-23-13-19(10-9-18(23)15-31-35)32-26-20(25(30)37)14-21(29)27(34-26)33-22(11-16(2)3)17(4)12-24(36)38-28(5,6)7/h9-10,13-17,22H,8,11-12H2,1-7H3,(H2,30,37)(H2,32,33,34)/t17-,22-/m1/s1. The third-order valence-corrected chi connectivity index (χ3v) is 6.09. The molecule has 0 saturated carbocycles. The lowest BCUT2D eigenvalue weighted by Gasteiger charge is -2.28. The van der Waals surface area contributed by atoms with Crippen LogP contribution in [0.5, 0.6) is 0 Å². The second kappa shape index (κ2) is 11.8. The molecule has 3 rings (SSSR count). The smallest absolute Gasteiger partial charge is 0.306 e. The van der Waals surface area contributed by atoms with Gasteiger partial charge in [-0.2, -0.15) is 5.10 Å². The molecule has 4 N–H and O–H groups in total. The van der Waals surface area contributed by atoms with Crippen molar-refractivity contribution in [3.8, 4) is 0 Å². The number of aryl methyl sites for hydroxylation is 1. The predicted molar refractivity (Wildman–Crippen MR) is 148 cm³/mol. The van der Waals surface area contributed by atoms with Crippen molar-refractivity contribution in [2.24, 2.45) is 17.6 Å². The number of amides is 1. The summed E-state index contributed by atoms with van der Waals surface area (Å²) in [4.78, 5) is 29.0. The van der Waals surface area contributed by atoms with E-state index in [1.807, 2.05) is 57.5 Å². The molecule has 1 aromatic carbocycles. The van der Waals surface area contributed by atoms with Crippen molar-refractivity contribution in [3.05, 3.63) is 41.8 Å². The van der Waals surface area contributed by atoms with Gasteiger partial charge in [0.15, 0.2) is 11.6 Å². The van der Waals surface area contributed by atoms with Gasteiger partial charge in [0, 0.05) is 23.7 Å². The summed E-state index contributed by atoms with van der Waals surface area (Å²) in [6.45, 7) is 14.2. The first kappa shape index (κ1) is 28.9. The maximum atomic E-state index is 15.2. The number of aromatic nitrogens is 3. The van der Waals surface area contributed by atoms with E-state index in [1.165, 1.54) is 0 Å². The highest BCUT2D eigenvalue weighted by atomic mass is 19.1. The molecule has 2 atom stereocenters. The van der Waals surface area contributed by atoms with Crippen LogP contribution in [0.1, 0.15) is 71.7 Å². The third-order valence-electron chi connectivity index (χ3n) is 6.09. The first-order valence-electron chi connectivity index (χ1n) is 13.0. The van der Waals surface area contributed by atoms with Crippen molar-refractivity contribution in [1.82, 2.24) is 14.8 Å². The molecule has 0 bridgehead atoms. The van der Waals surface area contributed by atoms with Crippen LogP contribution in [0.4, 0.5) is 21.7 Å². The first-order chi connectivity index (χ1) is 17.8. The van der Waals surface area contributed by atoms with E-state index in [4.69, 9.17) is 10.5 Å². The summed E-state index contributed by atoms with van der Waals surface area (Å²) in [5.74, 6) is -1.62. The molecule has 206 valence electrons. The number of nitrogens with zero attached hydrogens (tertiary/aromatic N) is 3. The van der Waals surface area contributed by atoms with E-state index in [9.17, 15) is 9.59 Å². The van der Waals surface area contributed by atoms with Gasteiger partial charge in [0.2, 0.25) is 0 Å². The number of pyridine rings is 1. The van der Waals surface area contributed by atoms with E-state index in [2.05, 4.69) is 34.6 Å². The van der Waals surface area contributed by atoms with Crippen LogP contribution in [0, 0.1) is 17.7 Å². The summed E-state index contributed by atoms with van der Waals surface area (Å²) in [6, 6.07) is 6.43.